The summed E-state index contributed by atoms with van der Waals surface area (Å²) in [6.07, 6.45) is 1.71. The molecule has 1 saturated heterocycles. The van der Waals surface area contributed by atoms with Crippen molar-refractivity contribution in [2.45, 2.75) is 18.9 Å². The highest BCUT2D eigenvalue weighted by Gasteiger charge is 2.44. The molecule has 4 amide bonds. The molecule has 0 aliphatic carbocycles. The van der Waals surface area contributed by atoms with Crippen LogP contribution in [0.25, 0.3) is 10.9 Å². The Balaban J connectivity index is 1.56. The molecule has 7 nitrogen and oxygen atoms in total. The van der Waals surface area contributed by atoms with Gasteiger partial charge in [0, 0.05) is 36.2 Å². The molecule has 1 atom stereocenters. The molecule has 2 aromatic rings. The molecule has 134 valence electrons. The van der Waals surface area contributed by atoms with Gasteiger partial charge in [0.1, 0.15) is 0 Å². The predicted molar refractivity (Wildman–Crippen MR) is 96.4 cm³/mol. The quantitative estimate of drug-likeness (QED) is 0.635. The lowest BCUT2D eigenvalue weighted by Crippen LogP contribution is -2.57. The van der Waals surface area contributed by atoms with Crippen LogP contribution in [-0.4, -0.2) is 52.3 Å². The lowest BCUT2D eigenvalue weighted by molar-refractivity contribution is -0.133. The zero-order chi connectivity index (χ0) is 18.3. The van der Waals surface area contributed by atoms with E-state index in [2.05, 4.69) is 16.9 Å². The van der Waals surface area contributed by atoms with E-state index < -0.39 is 0 Å². The average Bonchev–Trinajstić information content (AvgIpc) is 3.03. The number of aromatic amines is 1. The highest BCUT2D eigenvalue weighted by molar-refractivity contribution is 6.04. The Hall–Kier alpha value is -3.09. The fourth-order valence-electron chi connectivity index (χ4n) is 3.84. The molecule has 4 rings (SSSR count). The van der Waals surface area contributed by atoms with Crippen molar-refractivity contribution in [1.29, 1.82) is 0 Å². The number of hydrogen-bond donors (Lipinski definition) is 2. The van der Waals surface area contributed by atoms with Gasteiger partial charge in [-0.15, -0.1) is 0 Å². The Morgan fingerprint density at radius 3 is 2.96 bits per heavy atom. The molecule has 0 radical (unpaired) electrons. The van der Waals surface area contributed by atoms with Crippen LogP contribution < -0.4 is 5.32 Å². The monoisotopic (exact) mass is 352 g/mol. The van der Waals surface area contributed by atoms with E-state index in [0.29, 0.717) is 32.6 Å². The lowest BCUT2D eigenvalue weighted by Gasteiger charge is -2.42. The normalized spacial score (nSPS) is 18.8. The van der Waals surface area contributed by atoms with Gasteiger partial charge in [0.25, 0.3) is 0 Å². The van der Waals surface area contributed by atoms with Crippen LogP contribution in [0.15, 0.2) is 36.9 Å². The first-order valence-electron chi connectivity index (χ1n) is 8.70. The van der Waals surface area contributed by atoms with Gasteiger partial charge in [0.2, 0.25) is 11.8 Å². The second-order valence-corrected chi connectivity index (χ2v) is 6.62. The van der Waals surface area contributed by atoms with E-state index in [4.69, 9.17) is 0 Å². The van der Waals surface area contributed by atoms with E-state index in [1.807, 2.05) is 24.3 Å². The summed E-state index contributed by atoms with van der Waals surface area (Å²) in [6.45, 7) is 4.99. The molecular formula is C19H20N4O3. The number of fused-ring (bicyclic) bond motifs is 6. The molecule has 2 N–H and O–H groups in total. The Bertz CT molecular complexity index is 917. The molecule has 1 aromatic heterocycles. The number of para-hydroxylation sites is 1. The van der Waals surface area contributed by atoms with Crippen LogP contribution in [0.4, 0.5) is 4.79 Å². The smallest absolute Gasteiger partial charge is 0.327 e. The van der Waals surface area contributed by atoms with E-state index in [0.717, 1.165) is 22.2 Å². The molecule has 1 fully saturated rings. The van der Waals surface area contributed by atoms with Crippen LogP contribution in [0.3, 0.4) is 0 Å². The zero-order valence-electron chi connectivity index (χ0n) is 14.3. The van der Waals surface area contributed by atoms with E-state index >= 15 is 0 Å². The Morgan fingerprint density at radius 2 is 2.15 bits per heavy atom. The number of nitrogens with one attached hydrogen (secondary N) is 2. The first-order chi connectivity index (χ1) is 12.6. The molecule has 1 aromatic carbocycles. The van der Waals surface area contributed by atoms with Gasteiger partial charge in [-0.3, -0.25) is 14.5 Å². The summed E-state index contributed by atoms with van der Waals surface area (Å²) in [5.74, 6) is -0.757. The Morgan fingerprint density at radius 1 is 1.35 bits per heavy atom. The van der Waals surface area contributed by atoms with Crippen LogP contribution in [0.2, 0.25) is 0 Å². The third-order valence-corrected chi connectivity index (χ3v) is 5.04. The SMILES string of the molecule is C=CC(=O)NCCCN1C(=O)C2CN(Cc3[nH]c4ccccc4c32)C1=O. The summed E-state index contributed by atoms with van der Waals surface area (Å²) >= 11 is 0. The van der Waals surface area contributed by atoms with Crippen molar-refractivity contribution in [2.24, 2.45) is 0 Å². The highest BCUT2D eigenvalue weighted by Crippen LogP contribution is 2.38. The standard InChI is InChI=1S/C19H20N4O3/c1-2-16(24)20-8-5-9-23-18(25)13-10-22(19(23)26)11-15-17(13)12-6-3-4-7-14(12)21-15/h2-4,6-7,13,21H,1,5,8-11H2,(H,20,24). The van der Waals surface area contributed by atoms with Crippen molar-refractivity contribution < 1.29 is 14.4 Å². The number of carbonyl (C=O) groups excluding carboxylic acids is 3. The number of imide groups is 1. The van der Waals surface area contributed by atoms with Gasteiger partial charge in [-0.2, -0.15) is 0 Å². The van der Waals surface area contributed by atoms with E-state index in [9.17, 15) is 14.4 Å². The number of rotatable bonds is 5. The molecule has 0 spiro atoms. The van der Waals surface area contributed by atoms with Crippen molar-refractivity contribution >= 4 is 28.7 Å². The first-order valence-corrected chi connectivity index (χ1v) is 8.70. The largest absolute Gasteiger partial charge is 0.357 e. The predicted octanol–water partition coefficient (Wildman–Crippen LogP) is 1.72. The van der Waals surface area contributed by atoms with Gasteiger partial charge in [-0.1, -0.05) is 24.8 Å². The van der Waals surface area contributed by atoms with E-state index in [-0.39, 0.29) is 23.8 Å². The lowest BCUT2D eigenvalue weighted by atomic mass is 9.89. The van der Waals surface area contributed by atoms with Gasteiger partial charge in [0.05, 0.1) is 12.5 Å². The van der Waals surface area contributed by atoms with Crippen LogP contribution >= 0.6 is 0 Å². The highest BCUT2D eigenvalue weighted by atomic mass is 16.2. The third kappa shape index (κ3) is 2.56. The summed E-state index contributed by atoms with van der Waals surface area (Å²) < 4.78 is 0. The van der Waals surface area contributed by atoms with E-state index in [1.54, 1.807) is 4.90 Å². The second kappa shape index (κ2) is 6.33. The first kappa shape index (κ1) is 16.4. The molecule has 26 heavy (non-hydrogen) atoms. The van der Waals surface area contributed by atoms with Crippen LogP contribution in [0, 0.1) is 0 Å². The van der Waals surface area contributed by atoms with Gasteiger partial charge in [-0.25, -0.2) is 4.79 Å². The maximum absolute atomic E-state index is 13.0. The fourth-order valence-corrected chi connectivity index (χ4v) is 3.84. The number of hydrogen-bond acceptors (Lipinski definition) is 3. The van der Waals surface area contributed by atoms with Crippen LogP contribution in [0.1, 0.15) is 23.6 Å². The topological polar surface area (TPSA) is 85.5 Å². The molecule has 1 unspecified atom stereocenters. The minimum Gasteiger partial charge on any atom is -0.357 e. The molecular weight excluding hydrogens is 332 g/mol. The number of carbonyl (C=O) groups is 3. The number of benzene rings is 1. The third-order valence-electron chi connectivity index (χ3n) is 5.04. The van der Waals surface area contributed by atoms with Gasteiger partial charge in [0.15, 0.2) is 0 Å². The van der Waals surface area contributed by atoms with Gasteiger partial charge >= 0.3 is 6.03 Å². The minimum absolute atomic E-state index is 0.160. The maximum Gasteiger partial charge on any atom is 0.327 e. The maximum atomic E-state index is 13.0. The number of amides is 4. The molecule has 0 saturated carbocycles. The molecule has 2 aliphatic heterocycles. The van der Waals surface area contributed by atoms with Gasteiger partial charge < -0.3 is 15.2 Å². The van der Waals surface area contributed by atoms with Crippen LogP contribution in [0.5, 0.6) is 0 Å². The summed E-state index contributed by atoms with van der Waals surface area (Å²) in [5.41, 5.74) is 2.95. The summed E-state index contributed by atoms with van der Waals surface area (Å²) in [4.78, 5) is 43.2. The van der Waals surface area contributed by atoms with Crippen molar-refractivity contribution in [3.63, 3.8) is 0 Å². The zero-order valence-corrected chi connectivity index (χ0v) is 14.3. The van der Waals surface area contributed by atoms with Crippen LogP contribution in [-0.2, 0) is 16.1 Å². The van der Waals surface area contributed by atoms with Crippen molar-refractivity contribution in [3.8, 4) is 0 Å². The summed E-state index contributed by atoms with van der Waals surface area (Å²) in [6, 6.07) is 7.65. The Kier molecular flexibility index (Phi) is 3.99. The van der Waals surface area contributed by atoms with E-state index in [1.165, 1.54) is 11.0 Å². The second-order valence-electron chi connectivity index (χ2n) is 6.62. The molecule has 2 bridgehead atoms. The fraction of sp³-hybridized carbons (Fsp3) is 0.316. The molecule has 7 heteroatoms. The van der Waals surface area contributed by atoms with Crippen molar-refractivity contribution in [3.05, 3.63) is 48.2 Å². The van der Waals surface area contributed by atoms with Gasteiger partial charge in [-0.05, 0) is 24.1 Å². The summed E-state index contributed by atoms with van der Waals surface area (Å²) in [5, 5.41) is 3.71. The number of H-pyrrole nitrogens is 1. The Labute approximate surface area is 150 Å². The van der Waals surface area contributed by atoms with Crippen molar-refractivity contribution in [2.75, 3.05) is 19.6 Å². The minimum atomic E-state index is -0.338. The number of aromatic nitrogens is 1. The molecule has 2 aliphatic rings. The van der Waals surface area contributed by atoms with Crippen molar-refractivity contribution in [1.82, 2.24) is 20.1 Å². The molecule has 3 heterocycles. The average molecular weight is 352 g/mol. The number of nitrogens with zero attached hydrogens (tertiary/aromatic N) is 2. The summed E-state index contributed by atoms with van der Waals surface area (Å²) in [7, 11) is 0. The number of urea groups is 1.